The van der Waals surface area contributed by atoms with Crippen LogP contribution in [0.25, 0.3) is 16.6 Å². The molecule has 0 radical (unpaired) electrons. The van der Waals surface area contributed by atoms with Gasteiger partial charge in [-0.15, -0.1) is 0 Å². The third-order valence-corrected chi connectivity index (χ3v) is 4.04. The molecule has 0 fully saturated rings. The summed E-state index contributed by atoms with van der Waals surface area (Å²) in [4.78, 5) is 23.8. The number of halogens is 1. The molecule has 0 atom stereocenters. The van der Waals surface area contributed by atoms with Crippen LogP contribution in [0.4, 0.5) is 0 Å². The van der Waals surface area contributed by atoms with Crippen molar-refractivity contribution >= 4 is 28.5 Å². The zero-order valence-electron chi connectivity index (χ0n) is 12.4. The molecule has 1 aromatic heterocycles. The van der Waals surface area contributed by atoms with E-state index in [1.165, 1.54) is 10.7 Å². The van der Waals surface area contributed by atoms with Crippen molar-refractivity contribution in [2.24, 2.45) is 0 Å². The first-order chi connectivity index (χ1) is 11.4. The van der Waals surface area contributed by atoms with Crippen LogP contribution in [0.15, 0.2) is 41.2 Å². The summed E-state index contributed by atoms with van der Waals surface area (Å²) < 4.78 is 1.31. The molecule has 7 heteroatoms. The Balaban J connectivity index is 2.50. The largest absolute Gasteiger partial charge is 0.476 e. The van der Waals surface area contributed by atoms with Crippen molar-refractivity contribution in [1.82, 2.24) is 9.78 Å². The average Bonchev–Trinajstić information content (AvgIpc) is 2.57. The van der Waals surface area contributed by atoms with Gasteiger partial charge >= 0.3 is 5.97 Å². The second kappa shape index (κ2) is 5.80. The van der Waals surface area contributed by atoms with Gasteiger partial charge in [0.05, 0.1) is 28.2 Å². The Labute approximate surface area is 141 Å². The van der Waals surface area contributed by atoms with Crippen molar-refractivity contribution in [3.63, 3.8) is 0 Å². The number of rotatable bonds is 2. The van der Waals surface area contributed by atoms with Crippen LogP contribution in [0.1, 0.15) is 21.6 Å². The molecule has 1 heterocycles. The molecule has 118 valence electrons. The summed E-state index contributed by atoms with van der Waals surface area (Å²) in [7, 11) is 0. The molecule has 1 N–H and O–H groups in total. The first-order valence-corrected chi connectivity index (χ1v) is 7.28. The van der Waals surface area contributed by atoms with Gasteiger partial charge in [-0.1, -0.05) is 23.7 Å². The number of nitrogens with zero attached hydrogens (tertiary/aromatic N) is 3. The van der Waals surface area contributed by atoms with Crippen molar-refractivity contribution in [3.05, 3.63) is 68.5 Å². The molecule has 24 heavy (non-hydrogen) atoms. The second-order valence-corrected chi connectivity index (χ2v) is 5.55. The highest BCUT2D eigenvalue weighted by Crippen LogP contribution is 2.23. The van der Waals surface area contributed by atoms with Gasteiger partial charge in [-0.25, -0.2) is 9.48 Å². The van der Waals surface area contributed by atoms with Gasteiger partial charge in [0.2, 0.25) is 11.1 Å². The summed E-state index contributed by atoms with van der Waals surface area (Å²) in [5.74, 6) is -1.46. The summed E-state index contributed by atoms with van der Waals surface area (Å²) in [5.41, 5.74) is 0.333. The number of aryl methyl sites for hydroxylation is 1. The lowest BCUT2D eigenvalue weighted by Gasteiger charge is -2.12. The van der Waals surface area contributed by atoms with E-state index >= 15 is 0 Å². The molecule has 0 aliphatic carbocycles. The number of benzene rings is 2. The van der Waals surface area contributed by atoms with E-state index < -0.39 is 17.1 Å². The number of hydrogen-bond acceptors (Lipinski definition) is 4. The zero-order chi connectivity index (χ0) is 17.4. The molecular weight excluding hydrogens is 330 g/mol. The first-order valence-electron chi connectivity index (χ1n) is 6.90. The van der Waals surface area contributed by atoms with E-state index in [2.05, 4.69) is 5.10 Å². The summed E-state index contributed by atoms with van der Waals surface area (Å²) >= 11 is 6.14. The third-order valence-electron chi connectivity index (χ3n) is 3.64. The smallest absolute Gasteiger partial charge is 0.360 e. The fourth-order valence-corrected chi connectivity index (χ4v) is 2.59. The minimum absolute atomic E-state index is 0.0177. The minimum Gasteiger partial charge on any atom is -0.476 e. The molecule has 6 nitrogen and oxygen atoms in total. The van der Waals surface area contributed by atoms with Crippen molar-refractivity contribution in [3.8, 4) is 11.8 Å². The van der Waals surface area contributed by atoms with Gasteiger partial charge in [-0.3, -0.25) is 4.79 Å². The second-order valence-electron chi connectivity index (χ2n) is 5.14. The van der Waals surface area contributed by atoms with Crippen LogP contribution < -0.4 is 5.43 Å². The summed E-state index contributed by atoms with van der Waals surface area (Å²) in [6.45, 7) is 1.83. The van der Waals surface area contributed by atoms with E-state index in [0.717, 1.165) is 5.56 Å². The Morgan fingerprint density at radius 3 is 2.71 bits per heavy atom. The average molecular weight is 340 g/mol. The lowest BCUT2D eigenvalue weighted by Crippen LogP contribution is -2.23. The number of carboxylic acids is 1. The third kappa shape index (κ3) is 2.41. The predicted molar refractivity (Wildman–Crippen MR) is 88.8 cm³/mol. The van der Waals surface area contributed by atoms with Crippen LogP contribution in [0.2, 0.25) is 5.02 Å². The van der Waals surface area contributed by atoms with Gasteiger partial charge < -0.3 is 5.11 Å². The quantitative estimate of drug-likeness (QED) is 0.774. The highest BCUT2D eigenvalue weighted by atomic mass is 35.5. The number of nitriles is 1. The number of fused-ring (bicyclic) bond motifs is 1. The topological polar surface area (TPSA) is 96.0 Å². The number of aromatic carboxylic acids is 1. The molecule has 3 aromatic rings. The van der Waals surface area contributed by atoms with E-state index in [1.807, 2.05) is 13.0 Å². The van der Waals surface area contributed by atoms with Crippen LogP contribution in [0, 0.1) is 18.3 Å². The fraction of sp³-hybridized carbons (Fsp3) is 0.0588. The lowest BCUT2D eigenvalue weighted by molar-refractivity contribution is 0.0687. The molecule has 0 unspecified atom stereocenters. The van der Waals surface area contributed by atoms with Crippen LogP contribution in [-0.2, 0) is 0 Å². The molecule has 0 spiro atoms. The number of carbonyl (C=O) groups is 1. The molecular formula is C17H10ClN3O3. The fourth-order valence-electron chi connectivity index (χ4n) is 2.42. The van der Waals surface area contributed by atoms with Crippen molar-refractivity contribution in [2.45, 2.75) is 6.92 Å². The van der Waals surface area contributed by atoms with E-state index in [1.54, 1.807) is 30.3 Å². The van der Waals surface area contributed by atoms with Crippen molar-refractivity contribution < 1.29 is 9.90 Å². The monoisotopic (exact) mass is 339 g/mol. The van der Waals surface area contributed by atoms with Gasteiger partial charge in [0.15, 0.2) is 0 Å². The maximum Gasteiger partial charge on any atom is 0.360 e. The van der Waals surface area contributed by atoms with Crippen LogP contribution in [0.5, 0.6) is 0 Å². The van der Waals surface area contributed by atoms with Crippen LogP contribution >= 0.6 is 11.6 Å². The maximum absolute atomic E-state index is 12.4. The number of hydrogen-bond donors (Lipinski definition) is 1. The highest BCUT2D eigenvalue weighted by Gasteiger charge is 2.19. The van der Waals surface area contributed by atoms with E-state index in [4.69, 9.17) is 11.6 Å². The predicted octanol–water partition coefficient (Wildman–Crippen LogP) is 2.92. The summed E-state index contributed by atoms with van der Waals surface area (Å²) in [6.07, 6.45) is 0. The molecule has 0 saturated heterocycles. The first kappa shape index (κ1) is 15.7. The minimum atomic E-state index is -1.46. The van der Waals surface area contributed by atoms with E-state index in [0.29, 0.717) is 16.2 Å². The van der Waals surface area contributed by atoms with Gasteiger partial charge in [-0.2, -0.15) is 10.4 Å². The summed E-state index contributed by atoms with van der Waals surface area (Å²) in [6, 6.07) is 11.7. The van der Waals surface area contributed by atoms with Crippen molar-refractivity contribution in [2.75, 3.05) is 0 Å². The van der Waals surface area contributed by atoms with E-state index in [9.17, 15) is 20.0 Å². The van der Waals surface area contributed by atoms with Gasteiger partial charge in [-0.05, 0) is 36.8 Å². The molecule has 0 aliphatic rings. The highest BCUT2D eigenvalue weighted by molar-refractivity contribution is 6.31. The Hall–Kier alpha value is -3.17. The normalized spacial score (nSPS) is 10.5. The SMILES string of the molecule is Cc1ccc(-n2nc(C(=O)O)c(=O)c3c(C#N)cccc32)cc1Cl. The van der Waals surface area contributed by atoms with Gasteiger partial charge in [0, 0.05) is 5.02 Å². The Kier molecular flexibility index (Phi) is 3.80. The molecule has 3 rings (SSSR count). The standard InChI is InChI=1S/C17H10ClN3O3/c1-9-5-6-11(7-12(9)18)21-13-4-2-3-10(8-19)14(13)16(22)15(20-21)17(23)24/h2-7H,1H3,(H,23,24). The summed E-state index contributed by atoms with van der Waals surface area (Å²) in [5, 5.41) is 23.0. The lowest BCUT2D eigenvalue weighted by atomic mass is 10.1. The van der Waals surface area contributed by atoms with Crippen molar-refractivity contribution in [1.29, 1.82) is 5.26 Å². The van der Waals surface area contributed by atoms with Crippen LogP contribution in [0.3, 0.4) is 0 Å². The molecule has 0 saturated carbocycles. The van der Waals surface area contributed by atoms with Gasteiger partial charge in [0.25, 0.3) is 0 Å². The van der Waals surface area contributed by atoms with Crippen LogP contribution in [-0.4, -0.2) is 20.9 Å². The number of aromatic nitrogens is 2. The molecule has 0 bridgehead atoms. The number of carboxylic acid groups (broad SMARTS) is 1. The Bertz CT molecular complexity index is 1100. The van der Waals surface area contributed by atoms with E-state index in [-0.39, 0.29) is 10.9 Å². The molecule has 0 amide bonds. The maximum atomic E-state index is 12.4. The molecule has 0 aliphatic heterocycles. The van der Waals surface area contributed by atoms with Gasteiger partial charge in [0.1, 0.15) is 0 Å². The Morgan fingerprint density at radius 2 is 2.08 bits per heavy atom. The molecule has 2 aromatic carbocycles. The zero-order valence-corrected chi connectivity index (χ0v) is 13.2. The Morgan fingerprint density at radius 1 is 1.33 bits per heavy atom.